The van der Waals surface area contributed by atoms with Crippen molar-refractivity contribution in [2.45, 2.75) is 50.3 Å². The van der Waals surface area contributed by atoms with Gasteiger partial charge >= 0.3 is 5.97 Å². The van der Waals surface area contributed by atoms with Crippen molar-refractivity contribution in [1.82, 2.24) is 4.57 Å². The van der Waals surface area contributed by atoms with E-state index in [0.29, 0.717) is 34.8 Å². The smallest absolute Gasteiger partial charge is 0.359 e. The summed E-state index contributed by atoms with van der Waals surface area (Å²) in [6, 6.07) is 4.23. The van der Waals surface area contributed by atoms with Gasteiger partial charge in [0.1, 0.15) is 12.1 Å². The molecule has 0 spiro atoms. The van der Waals surface area contributed by atoms with Crippen molar-refractivity contribution in [2.24, 2.45) is 0 Å². The maximum Gasteiger partial charge on any atom is 0.359 e. The number of aromatic hydroxyl groups is 1. The standard InChI is InChI=1S/C21H21N3O6/c1-3-20-7-4-8-22-10-15(25)16-13-9-12(24(28)29)5-6-14(13)23(17(16)18(20)22)21(27,11-20)19(26)30-2/h5-6,9-10,27H,3-4,7-8,11H2,1-2H3/p+1/t20-,21?/m0/s1. The van der Waals surface area contributed by atoms with E-state index >= 15 is 0 Å². The Morgan fingerprint density at radius 1 is 1.43 bits per heavy atom. The normalized spacial score (nSPS) is 24.9. The van der Waals surface area contributed by atoms with Crippen LogP contribution in [0.3, 0.4) is 0 Å². The highest BCUT2D eigenvalue weighted by Gasteiger charge is 2.58. The van der Waals surface area contributed by atoms with E-state index in [0.717, 1.165) is 18.5 Å². The predicted octanol–water partition coefficient (Wildman–Crippen LogP) is 2.36. The molecule has 2 aliphatic heterocycles. The van der Waals surface area contributed by atoms with E-state index in [2.05, 4.69) is 0 Å². The summed E-state index contributed by atoms with van der Waals surface area (Å²) < 4.78 is 8.48. The molecule has 3 aromatic rings. The number of aromatic nitrogens is 2. The van der Waals surface area contributed by atoms with Gasteiger partial charge in [-0.05, 0) is 18.9 Å². The van der Waals surface area contributed by atoms with Crippen LogP contribution in [-0.4, -0.2) is 32.8 Å². The van der Waals surface area contributed by atoms with Crippen LogP contribution in [0.15, 0.2) is 24.4 Å². The van der Waals surface area contributed by atoms with Crippen LogP contribution in [0.5, 0.6) is 5.75 Å². The molecule has 156 valence electrons. The fraction of sp³-hybridized carbons (Fsp3) is 0.429. The summed E-state index contributed by atoms with van der Waals surface area (Å²) in [5.41, 5.74) is -0.694. The number of pyridine rings is 1. The van der Waals surface area contributed by atoms with Gasteiger partial charge < -0.3 is 14.9 Å². The number of fused-ring (bicyclic) bond motifs is 3. The van der Waals surface area contributed by atoms with E-state index < -0.39 is 22.0 Å². The lowest BCUT2D eigenvalue weighted by molar-refractivity contribution is -0.714. The second-order valence-corrected chi connectivity index (χ2v) is 8.30. The number of esters is 1. The maximum atomic E-state index is 12.9. The quantitative estimate of drug-likeness (QED) is 0.295. The third kappa shape index (κ3) is 2.10. The molecule has 2 atom stereocenters. The molecule has 2 aromatic heterocycles. The zero-order valence-corrected chi connectivity index (χ0v) is 16.7. The zero-order chi connectivity index (χ0) is 21.4. The first-order chi connectivity index (χ1) is 14.3. The highest BCUT2D eigenvalue weighted by molar-refractivity contribution is 6.13. The molecule has 0 amide bonds. The van der Waals surface area contributed by atoms with E-state index in [1.54, 1.807) is 6.20 Å². The van der Waals surface area contributed by atoms with Crippen molar-refractivity contribution in [3.8, 4) is 5.75 Å². The Kier molecular flexibility index (Phi) is 3.71. The largest absolute Gasteiger partial charge is 0.502 e. The highest BCUT2D eigenvalue weighted by atomic mass is 16.6. The minimum Gasteiger partial charge on any atom is -0.502 e. The molecule has 0 fully saturated rings. The molecule has 2 N–H and O–H groups in total. The van der Waals surface area contributed by atoms with Crippen LogP contribution in [0, 0.1) is 10.1 Å². The van der Waals surface area contributed by atoms with E-state index in [1.807, 2.05) is 11.5 Å². The van der Waals surface area contributed by atoms with Crippen molar-refractivity contribution in [3.05, 3.63) is 40.2 Å². The first kappa shape index (κ1) is 18.8. The number of nitrogens with zero attached hydrogens (tertiary/aromatic N) is 3. The fourth-order valence-electron chi connectivity index (χ4n) is 5.63. The molecule has 0 saturated heterocycles. The Bertz CT molecular complexity index is 1270. The monoisotopic (exact) mass is 412 g/mol. The van der Waals surface area contributed by atoms with Gasteiger partial charge in [-0.15, -0.1) is 0 Å². The minimum absolute atomic E-state index is 0.0426. The number of aryl methyl sites for hydroxylation is 1. The number of carbonyl (C=O) groups is 1. The van der Waals surface area contributed by atoms with Crippen LogP contribution in [0.25, 0.3) is 21.8 Å². The maximum absolute atomic E-state index is 12.9. The number of rotatable bonds is 3. The number of non-ortho nitro benzene ring substituents is 1. The molecule has 9 heteroatoms. The zero-order valence-electron chi connectivity index (χ0n) is 16.7. The van der Waals surface area contributed by atoms with E-state index in [4.69, 9.17) is 4.74 Å². The van der Waals surface area contributed by atoms with Crippen molar-refractivity contribution >= 4 is 33.5 Å². The molecule has 0 bridgehead atoms. The molecule has 30 heavy (non-hydrogen) atoms. The predicted molar refractivity (Wildman–Crippen MR) is 106 cm³/mol. The van der Waals surface area contributed by atoms with Gasteiger partial charge in [-0.2, -0.15) is 4.57 Å². The van der Waals surface area contributed by atoms with Gasteiger partial charge in [0.05, 0.1) is 28.4 Å². The number of ether oxygens (including phenoxy) is 1. The average Bonchev–Trinajstić information content (AvgIpc) is 3.08. The molecule has 1 unspecified atom stereocenters. The summed E-state index contributed by atoms with van der Waals surface area (Å²) >= 11 is 0. The topological polar surface area (TPSA) is 119 Å². The fourth-order valence-corrected chi connectivity index (χ4v) is 5.63. The Balaban J connectivity index is 2.05. The second-order valence-electron chi connectivity index (χ2n) is 8.30. The number of nitro benzene ring substituents is 1. The van der Waals surface area contributed by atoms with Crippen LogP contribution in [0.1, 0.15) is 38.3 Å². The van der Waals surface area contributed by atoms with Crippen LogP contribution >= 0.6 is 0 Å². The molecule has 0 radical (unpaired) electrons. The molecule has 2 aliphatic rings. The minimum atomic E-state index is -1.99. The van der Waals surface area contributed by atoms with Crippen molar-refractivity contribution < 1.29 is 29.2 Å². The Hall–Kier alpha value is -3.20. The molecule has 5 rings (SSSR count). The Labute approximate surface area is 171 Å². The van der Waals surface area contributed by atoms with Crippen LogP contribution in [-0.2, 0) is 27.2 Å². The van der Waals surface area contributed by atoms with Gasteiger partial charge in [0.15, 0.2) is 5.75 Å². The summed E-state index contributed by atoms with van der Waals surface area (Å²) in [5.74, 6) is -0.836. The van der Waals surface area contributed by atoms with Crippen LogP contribution in [0.4, 0.5) is 5.69 Å². The first-order valence-corrected chi connectivity index (χ1v) is 9.97. The Morgan fingerprint density at radius 2 is 2.20 bits per heavy atom. The molecule has 0 saturated carbocycles. The van der Waals surface area contributed by atoms with Gasteiger partial charge in [-0.3, -0.25) is 14.7 Å². The second kappa shape index (κ2) is 5.91. The lowest BCUT2D eigenvalue weighted by Gasteiger charge is -2.44. The van der Waals surface area contributed by atoms with E-state index in [9.17, 15) is 25.1 Å². The van der Waals surface area contributed by atoms with Crippen LogP contribution < -0.4 is 4.57 Å². The van der Waals surface area contributed by atoms with Gasteiger partial charge in [0.25, 0.3) is 5.69 Å². The molecule has 9 nitrogen and oxygen atoms in total. The number of nitro groups is 1. The average molecular weight is 412 g/mol. The third-order valence-corrected chi connectivity index (χ3v) is 6.91. The van der Waals surface area contributed by atoms with Crippen molar-refractivity contribution in [3.63, 3.8) is 0 Å². The van der Waals surface area contributed by atoms with Crippen LogP contribution in [0.2, 0.25) is 0 Å². The number of benzene rings is 1. The third-order valence-electron chi connectivity index (χ3n) is 6.91. The molecular weight excluding hydrogens is 390 g/mol. The summed E-state index contributed by atoms with van der Waals surface area (Å²) in [7, 11) is 1.23. The Morgan fingerprint density at radius 3 is 2.87 bits per heavy atom. The number of methoxy groups -OCH3 is 1. The van der Waals surface area contributed by atoms with Gasteiger partial charge in [0.2, 0.25) is 17.6 Å². The summed E-state index contributed by atoms with van der Waals surface area (Å²) in [4.78, 5) is 23.8. The van der Waals surface area contributed by atoms with Gasteiger partial charge in [0, 0.05) is 30.4 Å². The van der Waals surface area contributed by atoms with Gasteiger partial charge in [-0.1, -0.05) is 6.92 Å². The lowest BCUT2D eigenvalue weighted by Crippen LogP contribution is -2.58. The highest BCUT2D eigenvalue weighted by Crippen LogP contribution is 2.53. The summed E-state index contributed by atoms with van der Waals surface area (Å²) in [6.07, 6.45) is 4.11. The number of aliphatic hydroxyl groups is 1. The SMILES string of the molecule is CC[C@@]12CCC[n+]3cc(O)c4c5cc([N+](=O)[O-])ccc5n(c4c31)C(O)(C(=O)OC)C2. The number of hydrogen-bond donors (Lipinski definition) is 2. The molecule has 0 aliphatic carbocycles. The molecule has 1 aromatic carbocycles. The van der Waals surface area contributed by atoms with E-state index in [-0.39, 0.29) is 17.9 Å². The molecular formula is C21H22N3O6+. The van der Waals surface area contributed by atoms with Crippen molar-refractivity contribution in [2.75, 3.05) is 7.11 Å². The van der Waals surface area contributed by atoms with Crippen molar-refractivity contribution in [1.29, 1.82) is 0 Å². The van der Waals surface area contributed by atoms with E-state index in [1.165, 1.54) is 29.9 Å². The lowest BCUT2D eigenvalue weighted by atomic mass is 9.67. The summed E-state index contributed by atoms with van der Waals surface area (Å²) in [6.45, 7) is 2.73. The number of hydrogen-bond acceptors (Lipinski definition) is 6. The molecule has 4 heterocycles. The summed E-state index contributed by atoms with van der Waals surface area (Å²) in [5, 5.41) is 34.8. The first-order valence-electron chi connectivity index (χ1n) is 9.97. The number of carbonyl (C=O) groups excluding carboxylic acids is 1. The van der Waals surface area contributed by atoms with Gasteiger partial charge in [-0.25, -0.2) is 4.79 Å².